The van der Waals surface area contributed by atoms with Crippen LogP contribution in [0.15, 0.2) is 18.2 Å². The van der Waals surface area contributed by atoms with Crippen molar-refractivity contribution in [1.82, 2.24) is 0 Å². The molecule has 1 amide bonds. The molecule has 21 heavy (non-hydrogen) atoms. The first kappa shape index (κ1) is 17.8. The first-order valence-electron chi connectivity index (χ1n) is 6.43. The maximum atomic E-state index is 13.1. The Morgan fingerprint density at radius 3 is 2.57 bits per heavy atom. The number of alkyl halides is 4. The Labute approximate surface area is 126 Å². The highest BCUT2D eigenvalue weighted by Gasteiger charge is 2.36. The van der Waals surface area contributed by atoms with Crippen molar-refractivity contribution < 1.29 is 22.7 Å². The lowest BCUT2D eigenvalue weighted by Crippen LogP contribution is -2.36. The highest BCUT2D eigenvalue weighted by Crippen LogP contribution is 2.38. The Kier molecular flexibility index (Phi) is 6.48. The Hall–Kier alpha value is -1.27. The van der Waals surface area contributed by atoms with Gasteiger partial charge in [0.25, 0.3) is 0 Å². The summed E-state index contributed by atoms with van der Waals surface area (Å²) in [4.78, 5) is 12.8. The van der Waals surface area contributed by atoms with Crippen LogP contribution in [0.2, 0.25) is 0 Å². The van der Waals surface area contributed by atoms with E-state index in [4.69, 9.17) is 16.3 Å². The fourth-order valence-electron chi connectivity index (χ4n) is 1.88. The highest BCUT2D eigenvalue weighted by atomic mass is 35.5. The molecule has 7 heteroatoms. The number of para-hydroxylation sites is 1. The number of carbonyl (C=O) groups is 1. The van der Waals surface area contributed by atoms with Crippen molar-refractivity contribution in [3.63, 3.8) is 0 Å². The quantitative estimate of drug-likeness (QED) is 0.450. The van der Waals surface area contributed by atoms with Gasteiger partial charge in [-0.3, -0.25) is 9.69 Å². The van der Waals surface area contributed by atoms with Crippen LogP contribution in [0.25, 0.3) is 0 Å². The minimum absolute atomic E-state index is 0.202. The van der Waals surface area contributed by atoms with Crippen LogP contribution in [0, 0.1) is 6.92 Å². The third kappa shape index (κ3) is 4.61. The predicted octanol–water partition coefficient (Wildman–Crippen LogP) is 3.97. The molecule has 0 bridgehead atoms. The van der Waals surface area contributed by atoms with Gasteiger partial charge in [-0.15, -0.1) is 11.6 Å². The lowest BCUT2D eigenvalue weighted by molar-refractivity contribution is -0.137. The first-order valence-corrected chi connectivity index (χ1v) is 6.97. The van der Waals surface area contributed by atoms with Crippen LogP contribution in [0.1, 0.15) is 24.5 Å². The monoisotopic (exact) mass is 323 g/mol. The molecule has 0 N–H and O–H groups in total. The van der Waals surface area contributed by atoms with E-state index in [0.717, 1.165) is 11.0 Å². The maximum Gasteiger partial charge on any atom is 0.418 e. The van der Waals surface area contributed by atoms with Gasteiger partial charge in [-0.25, -0.2) is 0 Å². The van der Waals surface area contributed by atoms with Gasteiger partial charge in [0.2, 0.25) is 5.91 Å². The number of benzene rings is 1. The minimum Gasteiger partial charge on any atom is -0.361 e. The van der Waals surface area contributed by atoms with Crippen LogP contribution in [0.3, 0.4) is 0 Å². The van der Waals surface area contributed by atoms with Crippen molar-refractivity contribution in [2.24, 2.45) is 0 Å². The molecule has 118 valence electrons. The SMILES string of the molecule is CCCOCN(C(=O)CCl)c1c(C)cccc1C(F)(F)F. The normalized spacial score (nSPS) is 11.5. The first-order chi connectivity index (χ1) is 9.82. The number of anilines is 1. The second-order valence-corrected chi connectivity index (χ2v) is 4.73. The lowest BCUT2D eigenvalue weighted by Gasteiger charge is -2.27. The van der Waals surface area contributed by atoms with Crippen molar-refractivity contribution in [3.8, 4) is 0 Å². The van der Waals surface area contributed by atoms with Gasteiger partial charge in [-0.05, 0) is 25.0 Å². The van der Waals surface area contributed by atoms with E-state index in [1.807, 2.05) is 6.92 Å². The van der Waals surface area contributed by atoms with Gasteiger partial charge in [0.15, 0.2) is 0 Å². The number of rotatable bonds is 6. The standard InChI is InChI=1S/C14H17ClF3NO2/c1-3-7-21-9-19(12(20)8-15)13-10(2)5-4-6-11(13)14(16,17)18/h4-6H,3,7-9H2,1-2H3. The van der Waals surface area contributed by atoms with E-state index in [1.54, 1.807) is 0 Å². The lowest BCUT2D eigenvalue weighted by atomic mass is 10.1. The van der Waals surface area contributed by atoms with Crippen LogP contribution in [0.5, 0.6) is 0 Å². The third-order valence-corrected chi connectivity index (χ3v) is 3.03. The number of nitrogens with zero attached hydrogens (tertiary/aromatic N) is 1. The van der Waals surface area contributed by atoms with Crippen LogP contribution in [-0.2, 0) is 15.7 Å². The van der Waals surface area contributed by atoms with E-state index in [9.17, 15) is 18.0 Å². The molecule has 1 rings (SSSR count). The van der Waals surface area contributed by atoms with Gasteiger partial charge in [0.1, 0.15) is 12.6 Å². The zero-order chi connectivity index (χ0) is 16.0. The number of amides is 1. The molecule has 0 radical (unpaired) electrons. The molecular formula is C14H17ClF3NO2. The van der Waals surface area contributed by atoms with E-state index >= 15 is 0 Å². The molecule has 0 fully saturated rings. The summed E-state index contributed by atoms with van der Waals surface area (Å²) >= 11 is 5.50. The summed E-state index contributed by atoms with van der Waals surface area (Å²) in [6, 6.07) is 3.76. The molecule has 0 aliphatic rings. The second-order valence-electron chi connectivity index (χ2n) is 4.46. The van der Waals surface area contributed by atoms with Gasteiger partial charge >= 0.3 is 6.18 Å². The van der Waals surface area contributed by atoms with Crippen LogP contribution >= 0.6 is 11.6 Å². The van der Waals surface area contributed by atoms with Gasteiger partial charge < -0.3 is 4.74 Å². The molecule has 1 aromatic rings. The zero-order valence-corrected chi connectivity index (χ0v) is 12.6. The van der Waals surface area contributed by atoms with E-state index in [1.165, 1.54) is 19.1 Å². The summed E-state index contributed by atoms with van der Waals surface area (Å²) < 4.78 is 44.6. The van der Waals surface area contributed by atoms with Gasteiger partial charge in [0, 0.05) is 6.61 Å². The van der Waals surface area contributed by atoms with Crippen LogP contribution < -0.4 is 4.90 Å². The van der Waals surface area contributed by atoms with Crippen LogP contribution in [0.4, 0.5) is 18.9 Å². The number of ether oxygens (including phenoxy) is 1. The van der Waals surface area contributed by atoms with Gasteiger partial charge in [-0.2, -0.15) is 13.2 Å². The molecule has 0 atom stereocenters. The summed E-state index contributed by atoms with van der Waals surface area (Å²) in [7, 11) is 0. The number of carbonyl (C=O) groups excluding carboxylic acids is 1. The topological polar surface area (TPSA) is 29.5 Å². The van der Waals surface area contributed by atoms with E-state index < -0.39 is 23.5 Å². The van der Waals surface area contributed by atoms with Crippen molar-refractivity contribution >= 4 is 23.2 Å². The fraction of sp³-hybridized carbons (Fsp3) is 0.500. The zero-order valence-electron chi connectivity index (χ0n) is 11.8. The average molecular weight is 324 g/mol. The Bertz CT molecular complexity index is 492. The van der Waals surface area contributed by atoms with E-state index in [-0.39, 0.29) is 12.4 Å². The summed E-state index contributed by atoms with van der Waals surface area (Å²) in [5.41, 5.74) is -0.740. The van der Waals surface area contributed by atoms with Gasteiger partial charge in [0.05, 0.1) is 11.3 Å². The van der Waals surface area contributed by atoms with E-state index in [2.05, 4.69) is 0 Å². The molecule has 0 saturated heterocycles. The minimum atomic E-state index is -4.56. The summed E-state index contributed by atoms with van der Waals surface area (Å²) in [6.45, 7) is 3.47. The van der Waals surface area contributed by atoms with E-state index in [0.29, 0.717) is 18.6 Å². The molecule has 0 saturated carbocycles. The average Bonchev–Trinajstić information content (AvgIpc) is 2.42. The molecule has 1 aromatic carbocycles. The summed E-state index contributed by atoms with van der Waals surface area (Å²) in [5, 5.41) is 0. The third-order valence-electron chi connectivity index (χ3n) is 2.80. The Morgan fingerprint density at radius 2 is 2.05 bits per heavy atom. The van der Waals surface area contributed by atoms with Crippen molar-refractivity contribution in [1.29, 1.82) is 0 Å². The smallest absolute Gasteiger partial charge is 0.361 e. The number of aryl methyl sites for hydroxylation is 1. The number of halogens is 4. The molecule has 0 aromatic heterocycles. The van der Waals surface area contributed by atoms with Crippen molar-refractivity contribution in [2.75, 3.05) is 24.1 Å². The molecule has 0 spiro atoms. The number of hydrogen-bond acceptors (Lipinski definition) is 2. The number of hydrogen-bond donors (Lipinski definition) is 0. The summed E-state index contributed by atoms with van der Waals surface area (Å²) in [5.74, 6) is -1.05. The molecule has 0 aliphatic carbocycles. The predicted molar refractivity (Wildman–Crippen MR) is 75.5 cm³/mol. The molecule has 3 nitrogen and oxygen atoms in total. The fourth-order valence-corrected chi connectivity index (χ4v) is 2.02. The highest BCUT2D eigenvalue weighted by molar-refractivity contribution is 6.29. The van der Waals surface area contributed by atoms with Crippen molar-refractivity contribution in [3.05, 3.63) is 29.3 Å². The maximum absolute atomic E-state index is 13.1. The molecule has 0 aliphatic heterocycles. The molecular weight excluding hydrogens is 307 g/mol. The van der Waals surface area contributed by atoms with Crippen molar-refractivity contribution in [2.45, 2.75) is 26.4 Å². The molecule has 0 heterocycles. The molecule has 0 unspecified atom stereocenters. The van der Waals surface area contributed by atoms with Gasteiger partial charge in [-0.1, -0.05) is 19.1 Å². The second kappa shape index (κ2) is 7.66. The largest absolute Gasteiger partial charge is 0.418 e. The Morgan fingerprint density at radius 1 is 1.38 bits per heavy atom. The Balaban J connectivity index is 3.26. The van der Waals surface area contributed by atoms with Crippen LogP contribution in [-0.4, -0.2) is 25.1 Å². The summed E-state index contributed by atoms with van der Waals surface area (Å²) in [6.07, 6.45) is -3.86.